The number of aryl methyl sites for hydroxylation is 2. The molecule has 1 aliphatic carbocycles. The highest BCUT2D eigenvalue weighted by Crippen LogP contribution is 2.41. The number of carbonyl (C=O) groups is 2. The van der Waals surface area contributed by atoms with E-state index in [1.165, 1.54) is 11.1 Å². The van der Waals surface area contributed by atoms with Gasteiger partial charge in [-0.15, -0.1) is 0 Å². The van der Waals surface area contributed by atoms with Gasteiger partial charge in [-0.1, -0.05) is 31.9 Å². The van der Waals surface area contributed by atoms with Crippen LogP contribution >= 0.6 is 0 Å². The molecule has 4 heterocycles. The van der Waals surface area contributed by atoms with Gasteiger partial charge in [-0.2, -0.15) is 0 Å². The van der Waals surface area contributed by atoms with Gasteiger partial charge >= 0.3 is 0 Å². The number of hydrogen-bond donors (Lipinski definition) is 3. The van der Waals surface area contributed by atoms with Gasteiger partial charge < -0.3 is 20.9 Å². The summed E-state index contributed by atoms with van der Waals surface area (Å²) >= 11 is 0. The molecule has 4 N–H and O–H groups in total. The highest BCUT2D eigenvalue weighted by Gasteiger charge is 2.42. The van der Waals surface area contributed by atoms with E-state index in [-0.39, 0.29) is 23.8 Å². The Morgan fingerprint density at radius 1 is 1.15 bits per heavy atom. The minimum atomic E-state index is -0.679. The van der Waals surface area contributed by atoms with E-state index in [0.29, 0.717) is 37.2 Å². The van der Waals surface area contributed by atoms with Gasteiger partial charge in [0.2, 0.25) is 5.91 Å². The van der Waals surface area contributed by atoms with Crippen molar-refractivity contribution in [1.29, 1.82) is 0 Å². The van der Waals surface area contributed by atoms with Crippen LogP contribution in [-0.2, 0) is 17.6 Å². The molecule has 7 rings (SSSR count). The van der Waals surface area contributed by atoms with E-state index >= 15 is 0 Å². The van der Waals surface area contributed by atoms with Crippen molar-refractivity contribution in [3.63, 3.8) is 0 Å². The molecule has 2 aromatic carbocycles. The molecule has 4 atom stereocenters. The van der Waals surface area contributed by atoms with Crippen LogP contribution in [0.25, 0.3) is 0 Å². The lowest BCUT2D eigenvalue weighted by atomic mass is 9.84. The van der Waals surface area contributed by atoms with Gasteiger partial charge in [-0.05, 0) is 73.1 Å². The Morgan fingerprint density at radius 3 is 2.79 bits per heavy atom. The third-order valence-electron chi connectivity index (χ3n) is 9.22. The van der Waals surface area contributed by atoms with Crippen LogP contribution in [0.2, 0.25) is 0 Å². The molecule has 39 heavy (non-hydrogen) atoms. The maximum Gasteiger partial charge on any atom is 0.251 e. The summed E-state index contributed by atoms with van der Waals surface area (Å²) in [7, 11) is 0. The van der Waals surface area contributed by atoms with Crippen LogP contribution < -0.4 is 15.8 Å². The van der Waals surface area contributed by atoms with E-state index < -0.39 is 17.7 Å². The van der Waals surface area contributed by atoms with Gasteiger partial charge in [-0.25, -0.2) is 4.99 Å². The Labute approximate surface area is 229 Å². The molecule has 0 fully saturated rings. The molecule has 206 valence electrons. The SMILES string of the molecule is CC[C@@]12CCCCCc3cc4c(cc3C)C[C@@H](O)[C@@H]4NC(=O)c3ccc4c(c3)[C@@H](CCO4)N(C(=O)C1)C(N)=N2. The molecule has 0 saturated heterocycles. The molecule has 0 unspecified atom stereocenters. The minimum absolute atomic E-state index is 0.0248. The van der Waals surface area contributed by atoms with Gasteiger partial charge in [0, 0.05) is 24.0 Å². The Hall–Kier alpha value is -3.39. The Bertz CT molecular complexity index is 1350. The summed E-state index contributed by atoms with van der Waals surface area (Å²) < 4.78 is 5.90. The number of ether oxygens (including phenoxy) is 1. The smallest absolute Gasteiger partial charge is 0.251 e. The Balaban J connectivity index is 1.42. The average Bonchev–Trinajstić information content (AvgIpc) is 3.20. The van der Waals surface area contributed by atoms with E-state index in [0.717, 1.165) is 55.2 Å². The van der Waals surface area contributed by atoms with Crippen LogP contribution in [0.1, 0.15) is 102 Å². The third kappa shape index (κ3) is 4.58. The zero-order valence-electron chi connectivity index (χ0n) is 22.8. The second-order valence-corrected chi connectivity index (χ2v) is 11.7. The standard InChI is InChI=1S/C31H38N4O4/c1-3-31-11-6-4-5-7-19-14-22-21(13-18(19)2)16-25(36)28(22)33-29(38)20-8-9-26-23(15-20)24(10-12-39-26)35(27(37)17-31)30(32)34-31/h8-9,13-15,24-25,28,36H,3-7,10-12,16-17H2,1-2H3,(H2,32,34)(H,33,38)/t24-,25-,28-,31-/m1/s1. The highest BCUT2D eigenvalue weighted by atomic mass is 16.5. The molecular weight excluding hydrogens is 492 g/mol. The number of guanidine groups is 1. The second kappa shape index (κ2) is 9.97. The first-order valence-corrected chi connectivity index (χ1v) is 14.3. The molecule has 0 saturated carbocycles. The summed E-state index contributed by atoms with van der Waals surface area (Å²) in [6.07, 6.45) is 6.29. The number of hydrogen-bond acceptors (Lipinski definition) is 6. The summed E-state index contributed by atoms with van der Waals surface area (Å²) in [4.78, 5) is 33.7. The third-order valence-corrected chi connectivity index (χ3v) is 9.22. The second-order valence-electron chi connectivity index (χ2n) is 11.7. The van der Waals surface area contributed by atoms with Crippen LogP contribution in [-0.4, -0.2) is 46.0 Å². The predicted octanol–water partition coefficient (Wildman–Crippen LogP) is 4.02. The average molecular weight is 531 g/mol. The monoisotopic (exact) mass is 530 g/mol. The lowest BCUT2D eigenvalue weighted by Gasteiger charge is -2.42. The first-order chi connectivity index (χ1) is 18.8. The van der Waals surface area contributed by atoms with Crippen molar-refractivity contribution in [2.45, 2.75) is 95.4 Å². The topological polar surface area (TPSA) is 117 Å². The van der Waals surface area contributed by atoms with Crippen LogP contribution in [0.15, 0.2) is 35.3 Å². The van der Waals surface area contributed by atoms with Crippen LogP contribution in [0.5, 0.6) is 5.75 Å². The quantitative estimate of drug-likeness (QED) is 0.515. The van der Waals surface area contributed by atoms with Crippen molar-refractivity contribution in [3.8, 4) is 5.75 Å². The number of aliphatic hydroxyl groups excluding tert-OH is 1. The molecule has 2 aromatic rings. The Kier molecular flexibility index (Phi) is 6.61. The number of aliphatic imine (C=N–C) groups is 1. The minimum Gasteiger partial charge on any atom is -0.493 e. The van der Waals surface area contributed by atoms with E-state index in [1.807, 2.05) is 0 Å². The summed E-state index contributed by atoms with van der Waals surface area (Å²) in [5.74, 6) is 0.610. The maximum absolute atomic E-state index is 13.6. The lowest BCUT2D eigenvalue weighted by Crippen LogP contribution is -2.53. The zero-order chi connectivity index (χ0) is 27.3. The van der Waals surface area contributed by atoms with E-state index in [4.69, 9.17) is 15.5 Å². The Morgan fingerprint density at radius 2 is 2.00 bits per heavy atom. The summed E-state index contributed by atoms with van der Waals surface area (Å²) in [5.41, 5.74) is 11.9. The van der Waals surface area contributed by atoms with Gasteiger partial charge in [0.05, 0.1) is 36.8 Å². The van der Waals surface area contributed by atoms with Crippen molar-refractivity contribution in [2.24, 2.45) is 10.7 Å². The van der Waals surface area contributed by atoms with E-state index in [9.17, 15) is 14.7 Å². The number of fused-ring (bicyclic) bond motifs is 6. The number of benzene rings is 2. The number of nitrogens with zero attached hydrogens (tertiary/aromatic N) is 2. The molecule has 0 radical (unpaired) electrons. The first-order valence-electron chi connectivity index (χ1n) is 14.3. The fourth-order valence-corrected chi connectivity index (χ4v) is 6.94. The summed E-state index contributed by atoms with van der Waals surface area (Å²) in [6.45, 7) is 4.66. The van der Waals surface area contributed by atoms with Crippen LogP contribution in [0.4, 0.5) is 0 Å². The van der Waals surface area contributed by atoms with Crippen molar-refractivity contribution < 1.29 is 19.4 Å². The van der Waals surface area contributed by atoms with Crippen molar-refractivity contribution in [1.82, 2.24) is 10.2 Å². The highest BCUT2D eigenvalue weighted by molar-refractivity contribution is 6.00. The fraction of sp³-hybridized carbons (Fsp3) is 0.516. The van der Waals surface area contributed by atoms with Crippen LogP contribution in [0.3, 0.4) is 0 Å². The molecule has 0 aromatic heterocycles. The molecule has 8 nitrogen and oxygen atoms in total. The zero-order valence-corrected chi connectivity index (χ0v) is 22.8. The molecule has 2 amide bonds. The molecule has 5 aliphatic rings. The van der Waals surface area contributed by atoms with E-state index in [2.05, 4.69) is 31.3 Å². The lowest BCUT2D eigenvalue weighted by molar-refractivity contribution is -0.132. The largest absolute Gasteiger partial charge is 0.493 e. The maximum atomic E-state index is 13.6. The van der Waals surface area contributed by atoms with Gasteiger partial charge in [0.15, 0.2) is 5.96 Å². The normalized spacial score (nSPS) is 28.6. The van der Waals surface area contributed by atoms with Crippen LogP contribution in [0, 0.1) is 6.92 Å². The fourth-order valence-electron chi connectivity index (χ4n) is 6.94. The molecule has 6 bridgehead atoms. The van der Waals surface area contributed by atoms with E-state index in [1.54, 1.807) is 23.1 Å². The van der Waals surface area contributed by atoms with Crippen molar-refractivity contribution >= 4 is 17.8 Å². The van der Waals surface area contributed by atoms with Gasteiger partial charge in [0.1, 0.15) is 5.75 Å². The predicted molar refractivity (Wildman–Crippen MR) is 149 cm³/mol. The number of amides is 2. The molecular formula is C31H38N4O4. The number of carbonyl (C=O) groups excluding carboxylic acids is 2. The van der Waals surface area contributed by atoms with Gasteiger partial charge in [0.25, 0.3) is 5.91 Å². The molecule has 4 aliphatic heterocycles. The summed E-state index contributed by atoms with van der Waals surface area (Å²) in [5, 5.41) is 14.0. The van der Waals surface area contributed by atoms with Gasteiger partial charge in [-0.3, -0.25) is 14.5 Å². The van der Waals surface area contributed by atoms with Crippen molar-refractivity contribution in [3.05, 3.63) is 63.7 Å². The summed E-state index contributed by atoms with van der Waals surface area (Å²) in [6, 6.07) is 8.86. The number of nitrogens with two attached hydrogens (primary N) is 1. The first kappa shape index (κ1) is 25.9. The number of nitrogens with one attached hydrogen (secondary N) is 1. The number of aliphatic hydroxyl groups is 1. The number of rotatable bonds is 1. The van der Waals surface area contributed by atoms with Crippen molar-refractivity contribution in [2.75, 3.05) is 6.61 Å². The molecule has 8 heteroatoms. The molecule has 0 spiro atoms.